The fourth-order valence-electron chi connectivity index (χ4n) is 4.39. The minimum Gasteiger partial charge on any atom is -0.476 e. The van der Waals surface area contributed by atoms with Crippen molar-refractivity contribution in [1.29, 1.82) is 0 Å². The Morgan fingerprint density at radius 3 is 1.73 bits per heavy atom. The van der Waals surface area contributed by atoms with Crippen molar-refractivity contribution in [2.45, 2.75) is 58.3 Å². The summed E-state index contributed by atoms with van der Waals surface area (Å²) in [7, 11) is 5.11. The molecule has 0 atom stereocenters. The van der Waals surface area contributed by atoms with E-state index in [9.17, 15) is 19.2 Å². The highest BCUT2D eigenvalue weighted by Gasteiger charge is 2.28. The van der Waals surface area contributed by atoms with Crippen LogP contribution in [0.3, 0.4) is 0 Å². The second-order valence-corrected chi connectivity index (χ2v) is 8.48. The predicted octanol–water partition coefficient (Wildman–Crippen LogP) is 2.45. The zero-order valence-corrected chi connectivity index (χ0v) is 19.7. The first-order chi connectivity index (χ1) is 15.7. The average Bonchev–Trinajstić information content (AvgIpc) is 3.11. The van der Waals surface area contributed by atoms with Crippen molar-refractivity contribution in [3.63, 3.8) is 0 Å². The van der Waals surface area contributed by atoms with Gasteiger partial charge in [-0.25, -0.2) is 4.79 Å². The standard InChI is InChI=1S/C13H19N3O2.C10H12N2O3/c1-4-15(2)13(18)11-9-7-5-6-8-10(17)12(9)16(3)14-11;1-12-9-6(8(11-12)10(14)15)4-2-3-5-7(9)13/h4-8H2,1-3H3;2-5H2,1H3,(H,14,15). The Morgan fingerprint density at radius 1 is 0.848 bits per heavy atom. The summed E-state index contributed by atoms with van der Waals surface area (Å²) < 4.78 is 2.96. The maximum absolute atomic E-state index is 12.2. The van der Waals surface area contributed by atoms with Gasteiger partial charge in [-0.1, -0.05) is 0 Å². The van der Waals surface area contributed by atoms with E-state index in [1.165, 1.54) is 4.68 Å². The molecule has 178 valence electrons. The summed E-state index contributed by atoms with van der Waals surface area (Å²) in [5.74, 6) is -1.04. The average molecular weight is 458 g/mol. The number of nitrogens with zero attached hydrogens (tertiary/aromatic N) is 5. The molecule has 33 heavy (non-hydrogen) atoms. The Labute approximate surface area is 192 Å². The van der Waals surface area contributed by atoms with Crippen molar-refractivity contribution in [3.8, 4) is 0 Å². The number of aryl methyl sites for hydroxylation is 2. The van der Waals surface area contributed by atoms with E-state index in [1.54, 1.807) is 30.7 Å². The lowest BCUT2D eigenvalue weighted by molar-refractivity contribution is 0.0687. The minimum atomic E-state index is -1.05. The van der Waals surface area contributed by atoms with E-state index in [0.29, 0.717) is 48.5 Å². The number of carboxylic acid groups (broad SMARTS) is 1. The van der Waals surface area contributed by atoms with E-state index in [-0.39, 0.29) is 23.2 Å². The maximum Gasteiger partial charge on any atom is 0.356 e. The molecule has 0 radical (unpaired) electrons. The third kappa shape index (κ3) is 4.89. The fraction of sp³-hybridized carbons (Fsp3) is 0.565. The van der Waals surface area contributed by atoms with Gasteiger partial charge in [0.2, 0.25) is 0 Å². The van der Waals surface area contributed by atoms with E-state index in [2.05, 4.69) is 10.2 Å². The van der Waals surface area contributed by atoms with Crippen molar-refractivity contribution >= 4 is 23.4 Å². The number of carbonyl (C=O) groups excluding carboxylic acids is 3. The van der Waals surface area contributed by atoms with Gasteiger partial charge in [0.15, 0.2) is 23.0 Å². The third-order valence-electron chi connectivity index (χ3n) is 6.21. The number of carbonyl (C=O) groups is 4. The summed E-state index contributed by atoms with van der Waals surface area (Å²) in [5, 5.41) is 17.1. The Morgan fingerprint density at radius 2 is 1.27 bits per heavy atom. The number of rotatable bonds is 3. The highest BCUT2D eigenvalue weighted by atomic mass is 16.4. The largest absolute Gasteiger partial charge is 0.476 e. The third-order valence-corrected chi connectivity index (χ3v) is 6.21. The summed E-state index contributed by atoms with van der Waals surface area (Å²) in [6, 6.07) is 0. The van der Waals surface area contributed by atoms with Crippen LogP contribution in [0.25, 0.3) is 0 Å². The van der Waals surface area contributed by atoms with Gasteiger partial charge in [-0.05, 0) is 45.4 Å². The van der Waals surface area contributed by atoms with Crippen LogP contribution in [-0.4, -0.2) is 66.6 Å². The van der Waals surface area contributed by atoms with Crippen LogP contribution in [0.1, 0.15) is 98.5 Å². The minimum absolute atomic E-state index is 0.00463. The number of aromatic carboxylic acids is 1. The molecule has 1 amide bonds. The molecule has 0 unspecified atom stereocenters. The van der Waals surface area contributed by atoms with Crippen LogP contribution in [0.4, 0.5) is 0 Å². The highest BCUT2D eigenvalue weighted by Crippen LogP contribution is 2.24. The Kier molecular flexibility index (Phi) is 7.45. The molecule has 2 aliphatic rings. The van der Waals surface area contributed by atoms with Gasteiger partial charge in [0.1, 0.15) is 11.4 Å². The Balaban J connectivity index is 0.000000189. The number of hydrogen-bond acceptors (Lipinski definition) is 6. The molecule has 2 heterocycles. The quantitative estimate of drug-likeness (QED) is 0.701. The molecular weight excluding hydrogens is 426 g/mol. The number of hydrogen-bond donors (Lipinski definition) is 1. The first-order valence-corrected chi connectivity index (χ1v) is 11.3. The van der Waals surface area contributed by atoms with Gasteiger partial charge in [0, 0.05) is 51.7 Å². The van der Waals surface area contributed by atoms with Crippen LogP contribution in [0, 0.1) is 0 Å². The molecular formula is C23H31N5O5. The topological polar surface area (TPSA) is 127 Å². The number of amides is 1. The molecule has 2 aliphatic carbocycles. The van der Waals surface area contributed by atoms with Crippen molar-refractivity contribution in [3.05, 3.63) is 33.9 Å². The highest BCUT2D eigenvalue weighted by molar-refractivity contribution is 6.01. The van der Waals surface area contributed by atoms with E-state index in [4.69, 9.17) is 5.11 Å². The monoisotopic (exact) mass is 457 g/mol. The van der Waals surface area contributed by atoms with Crippen molar-refractivity contribution in [2.75, 3.05) is 13.6 Å². The van der Waals surface area contributed by atoms with Gasteiger partial charge in [0.25, 0.3) is 5.91 Å². The van der Waals surface area contributed by atoms with E-state index >= 15 is 0 Å². The molecule has 4 rings (SSSR count). The van der Waals surface area contributed by atoms with Crippen molar-refractivity contribution < 1.29 is 24.3 Å². The van der Waals surface area contributed by atoms with Gasteiger partial charge in [-0.2, -0.15) is 10.2 Å². The zero-order valence-electron chi connectivity index (χ0n) is 19.7. The number of Topliss-reactive ketones (excluding diaryl/α,β-unsaturated/α-hetero) is 2. The number of aromatic nitrogens is 4. The van der Waals surface area contributed by atoms with E-state index in [0.717, 1.165) is 37.7 Å². The molecule has 0 saturated carbocycles. The van der Waals surface area contributed by atoms with Gasteiger partial charge in [0.05, 0.1) is 0 Å². The molecule has 2 aromatic rings. The van der Waals surface area contributed by atoms with Crippen molar-refractivity contribution in [2.24, 2.45) is 14.1 Å². The maximum atomic E-state index is 12.2. The van der Waals surface area contributed by atoms with Crippen LogP contribution >= 0.6 is 0 Å². The molecule has 10 nitrogen and oxygen atoms in total. The summed E-state index contributed by atoms with van der Waals surface area (Å²) in [4.78, 5) is 48.5. The van der Waals surface area contributed by atoms with Crippen LogP contribution in [0.5, 0.6) is 0 Å². The lowest BCUT2D eigenvalue weighted by Crippen LogP contribution is -2.27. The second kappa shape index (κ2) is 10.1. The molecule has 2 aromatic heterocycles. The summed E-state index contributed by atoms with van der Waals surface area (Å²) in [5.41, 5.74) is 3.03. The molecule has 0 fully saturated rings. The van der Waals surface area contributed by atoms with Crippen LogP contribution < -0.4 is 0 Å². The fourth-order valence-corrected chi connectivity index (χ4v) is 4.39. The Hall–Kier alpha value is -3.30. The molecule has 10 heteroatoms. The van der Waals surface area contributed by atoms with Gasteiger partial charge in [-0.3, -0.25) is 23.7 Å². The SMILES string of the molecule is CCN(C)C(=O)c1nn(C)c2c1CCCCC2=O.Cn1nc(C(=O)O)c2c1C(=O)CCCC2. The molecule has 0 bridgehead atoms. The van der Waals surface area contributed by atoms with E-state index < -0.39 is 5.97 Å². The van der Waals surface area contributed by atoms with Gasteiger partial charge >= 0.3 is 5.97 Å². The number of fused-ring (bicyclic) bond motifs is 2. The summed E-state index contributed by atoms with van der Waals surface area (Å²) in [6.07, 6.45) is 5.97. The van der Waals surface area contributed by atoms with Gasteiger partial charge < -0.3 is 10.0 Å². The predicted molar refractivity (Wildman–Crippen MR) is 120 cm³/mol. The van der Waals surface area contributed by atoms with Crippen LogP contribution in [-0.2, 0) is 26.9 Å². The lowest BCUT2D eigenvalue weighted by atomic mass is 10.1. The molecule has 0 aliphatic heterocycles. The number of ketones is 2. The molecule has 0 aromatic carbocycles. The normalized spacial score (nSPS) is 15.5. The lowest BCUT2D eigenvalue weighted by Gasteiger charge is -2.13. The zero-order chi connectivity index (χ0) is 24.3. The summed E-state index contributed by atoms with van der Waals surface area (Å²) in [6.45, 7) is 2.56. The van der Waals surface area contributed by atoms with Crippen LogP contribution in [0.15, 0.2) is 0 Å². The second-order valence-electron chi connectivity index (χ2n) is 8.48. The summed E-state index contributed by atoms with van der Waals surface area (Å²) >= 11 is 0. The first kappa shape index (κ1) is 24.3. The van der Waals surface area contributed by atoms with Crippen molar-refractivity contribution in [1.82, 2.24) is 24.5 Å². The first-order valence-electron chi connectivity index (χ1n) is 11.3. The van der Waals surface area contributed by atoms with E-state index in [1.807, 2.05) is 6.92 Å². The Bertz CT molecular complexity index is 1100. The molecule has 0 spiro atoms. The van der Waals surface area contributed by atoms with Gasteiger partial charge in [-0.15, -0.1) is 0 Å². The number of carboxylic acids is 1. The molecule has 0 saturated heterocycles. The van der Waals surface area contributed by atoms with Crippen LogP contribution in [0.2, 0.25) is 0 Å². The smallest absolute Gasteiger partial charge is 0.356 e. The molecule has 1 N–H and O–H groups in total.